The van der Waals surface area contributed by atoms with Gasteiger partial charge in [0.1, 0.15) is 0 Å². The fourth-order valence-corrected chi connectivity index (χ4v) is 4.91. The third kappa shape index (κ3) is 5.03. The first kappa shape index (κ1) is 18.6. The van der Waals surface area contributed by atoms with E-state index >= 15 is 0 Å². The van der Waals surface area contributed by atoms with Crippen LogP contribution in [0.15, 0.2) is 16.3 Å². The van der Waals surface area contributed by atoms with Gasteiger partial charge < -0.3 is 10.1 Å². The van der Waals surface area contributed by atoms with Crippen molar-refractivity contribution in [2.75, 3.05) is 20.3 Å². The van der Waals surface area contributed by atoms with Gasteiger partial charge >= 0.3 is 0 Å². The third-order valence-corrected chi connectivity index (χ3v) is 6.28. The summed E-state index contributed by atoms with van der Waals surface area (Å²) in [6.45, 7) is 9.35. The minimum Gasteiger partial charge on any atom is -0.383 e. The van der Waals surface area contributed by atoms with Gasteiger partial charge in [-0.1, -0.05) is 20.8 Å². The van der Waals surface area contributed by atoms with Crippen LogP contribution in [-0.4, -0.2) is 45.1 Å². The SMILES string of the molecule is CCN(C(C)COC)S(=O)(=O)c1csc(CNC(C)C)c1. The van der Waals surface area contributed by atoms with Crippen LogP contribution in [0.2, 0.25) is 0 Å². The number of ether oxygens (including phenoxy) is 1. The summed E-state index contributed by atoms with van der Waals surface area (Å²) in [4.78, 5) is 1.40. The molecule has 0 saturated heterocycles. The molecule has 1 aromatic rings. The summed E-state index contributed by atoms with van der Waals surface area (Å²) in [6.07, 6.45) is 0. The smallest absolute Gasteiger partial charge is 0.244 e. The molecule has 1 N–H and O–H groups in total. The first-order chi connectivity index (χ1) is 9.82. The van der Waals surface area contributed by atoms with E-state index in [0.29, 0.717) is 30.6 Å². The molecule has 0 aromatic carbocycles. The molecule has 1 unspecified atom stereocenters. The summed E-state index contributed by atoms with van der Waals surface area (Å²) >= 11 is 1.47. The van der Waals surface area contributed by atoms with Gasteiger partial charge in [0.2, 0.25) is 10.0 Å². The number of hydrogen-bond acceptors (Lipinski definition) is 5. The molecule has 0 bridgehead atoms. The van der Waals surface area contributed by atoms with Crippen molar-refractivity contribution in [3.05, 3.63) is 16.3 Å². The van der Waals surface area contributed by atoms with Crippen LogP contribution in [0.4, 0.5) is 0 Å². The van der Waals surface area contributed by atoms with Gasteiger partial charge in [-0.05, 0) is 13.0 Å². The Kier molecular flexibility index (Phi) is 7.29. The molecule has 1 aromatic heterocycles. The van der Waals surface area contributed by atoms with Crippen molar-refractivity contribution in [3.63, 3.8) is 0 Å². The Labute approximate surface area is 132 Å². The maximum absolute atomic E-state index is 12.7. The predicted molar refractivity (Wildman–Crippen MR) is 87.2 cm³/mol. The summed E-state index contributed by atoms with van der Waals surface area (Å²) in [5, 5.41) is 5.01. The molecule has 0 spiro atoms. The normalized spacial score (nSPS) is 14.0. The number of thiophene rings is 1. The molecule has 0 aliphatic heterocycles. The van der Waals surface area contributed by atoms with Gasteiger partial charge in [0.25, 0.3) is 0 Å². The molecular weight excluding hydrogens is 308 g/mol. The molecule has 0 aliphatic carbocycles. The predicted octanol–water partition coefficient (Wildman–Crippen LogP) is 2.29. The lowest BCUT2D eigenvalue weighted by Crippen LogP contribution is -2.40. The van der Waals surface area contributed by atoms with Crippen LogP contribution in [0.3, 0.4) is 0 Å². The van der Waals surface area contributed by atoms with E-state index in [9.17, 15) is 8.42 Å². The van der Waals surface area contributed by atoms with E-state index in [2.05, 4.69) is 19.2 Å². The van der Waals surface area contributed by atoms with Gasteiger partial charge in [0.15, 0.2) is 0 Å². The molecule has 21 heavy (non-hydrogen) atoms. The van der Waals surface area contributed by atoms with Crippen LogP contribution in [0.1, 0.15) is 32.6 Å². The first-order valence-electron chi connectivity index (χ1n) is 7.14. The fourth-order valence-electron chi connectivity index (χ4n) is 2.07. The quantitative estimate of drug-likeness (QED) is 0.753. The fraction of sp³-hybridized carbons (Fsp3) is 0.714. The van der Waals surface area contributed by atoms with Crippen molar-refractivity contribution >= 4 is 21.4 Å². The molecule has 1 rings (SSSR count). The summed E-state index contributed by atoms with van der Waals surface area (Å²) in [6, 6.07) is 1.96. The van der Waals surface area contributed by atoms with E-state index in [-0.39, 0.29) is 6.04 Å². The van der Waals surface area contributed by atoms with E-state index in [0.717, 1.165) is 4.88 Å². The van der Waals surface area contributed by atoms with E-state index in [4.69, 9.17) is 4.74 Å². The topological polar surface area (TPSA) is 58.6 Å². The lowest BCUT2D eigenvalue weighted by atomic mass is 10.3. The average Bonchev–Trinajstić information content (AvgIpc) is 2.86. The molecule has 1 atom stereocenters. The minimum atomic E-state index is -3.45. The van der Waals surface area contributed by atoms with Gasteiger partial charge in [-0.2, -0.15) is 4.31 Å². The number of rotatable bonds is 9. The number of methoxy groups -OCH3 is 1. The van der Waals surface area contributed by atoms with E-state index in [1.165, 1.54) is 15.6 Å². The van der Waals surface area contributed by atoms with Crippen molar-refractivity contribution in [3.8, 4) is 0 Å². The molecule has 5 nitrogen and oxygen atoms in total. The highest BCUT2D eigenvalue weighted by Gasteiger charge is 2.28. The number of nitrogens with zero attached hydrogens (tertiary/aromatic N) is 1. The standard InChI is InChI=1S/C14H26N2O3S2/c1-6-16(12(4)9-19-5)21(17,18)14-7-13(20-10-14)8-15-11(2)3/h7,10-12,15H,6,8-9H2,1-5H3. The van der Waals surface area contributed by atoms with Crippen molar-refractivity contribution < 1.29 is 13.2 Å². The average molecular weight is 335 g/mol. The molecule has 1 heterocycles. The van der Waals surface area contributed by atoms with Gasteiger partial charge in [-0.15, -0.1) is 11.3 Å². The van der Waals surface area contributed by atoms with Gasteiger partial charge in [0, 0.05) is 42.5 Å². The zero-order valence-electron chi connectivity index (χ0n) is 13.4. The third-order valence-electron chi connectivity index (χ3n) is 3.13. The van der Waals surface area contributed by atoms with Crippen LogP contribution < -0.4 is 5.32 Å². The van der Waals surface area contributed by atoms with Crippen molar-refractivity contribution in [1.82, 2.24) is 9.62 Å². The molecule has 0 saturated carbocycles. The number of nitrogens with one attached hydrogen (secondary N) is 1. The largest absolute Gasteiger partial charge is 0.383 e. The summed E-state index contributed by atoms with van der Waals surface area (Å²) in [5.41, 5.74) is 0. The van der Waals surface area contributed by atoms with E-state index in [1.54, 1.807) is 18.6 Å². The Morgan fingerprint density at radius 3 is 2.57 bits per heavy atom. The van der Waals surface area contributed by atoms with Crippen LogP contribution in [0.5, 0.6) is 0 Å². The molecule has 0 amide bonds. The zero-order valence-corrected chi connectivity index (χ0v) is 15.1. The second-order valence-electron chi connectivity index (χ2n) is 5.30. The van der Waals surface area contributed by atoms with Crippen LogP contribution in [0, 0.1) is 0 Å². The molecular formula is C14H26N2O3S2. The molecule has 122 valence electrons. The Balaban J connectivity index is 2.90. The highest BCUT2D eigenvalue weighted by molar-refractivity contribution is 7.89. The molecule has 0 fully saturated rings. The first-order valence-corrected chi connectivity index (χ1v) is 9.46. The van der Waals surface area contributed by atoms with Crippen molar-refractivity contribution in [2.24, 2.45) is 0 Å². The number of sulfonamides is 1. The Morgan fingerprint density at radius 2 is 2.05 bits per heavy atom. The number of likely N-dealkylation sites (N-methyl/N-ethyl adjacent to an activating group) is 1. The van der Waals surface area contributed by atoms with E-state index in [1.807, 2.05) is 13.8 Å². The minimum absolute atomic E-state index is 0.179. The van der Waals surface area contributed by atoms with E-state index < -0.39 is 10.0 Å². The monoisotopic (exact) mass is 334 g/mol. The Hall–Kier alpha value is -0.470. The summed E-state index contributed by atoms with van der Waals surface area (Å²) < 4.78 is 31.9. The summed E-state index contributed by atoms with van der Waals surface area (Å²) in [5.74, 6) is 0. The Bertz CT molecular complexity index is 526. The lowest BCUT2D eigenvalue weighted by molar-refractivity contribution is 0.142. The molecule has 0 aliphatic rings. The zero-order chi connectivity index (χ0) is 16.0. The second kappa shape index (κ2) is 8.24. The van der Waals surface area contributed by atoms with Gasteiger partial charge in [-0.3, -0.25) is 0 Å². The second-order valence-corrected chi connectivity index (χ2v) is 8.18. The van der Waals surface area contributed by atoms with Crippen LogP contribution in [0.25, 0.3) is 0 Å². The maximum Gasteiger partial charge on any atom is 0.244 e. The maximum atomic E-state index is 12.7. The van der Waals surface area contributed by atoms with Crippen LogP contribution in [-0.2, 0) is 21.3 Å². The molecule has 7 heteroatoms. The highest BCUT2D eigenvalue weighted by atomic mass is 32.2. The Morgan fingerprint density at radius 1 is 1.38 bits per heavy atom. The summed E-state index contributed by atoms with van der Waals surface area (Å²) in [7, 11) is -1.87. The molecule has 0 radical (unpaired) electrons. The van der Waals surface area contributed by atoms with Gasteiger partial charge in [-0.25, -0.2) is 8.42 Å². The van der Waals surface area contributed by atoms with Gasteiger partial charge in [0.05, 0.1) is 11.5 Å². The lowest BCUT2D eigenvalue weighted by Gasteiger charge is -2.26. The van der Waals surface area contributed by atoms with Crippen LogP contribution >= 0.6 is 11.3 Å². The van der Waals surface area contributed by atoms with Crippen molar-refractivity contribution in [2.45, 2.75) is 51.2 Å². The highest BCUT2D eigenvalue weighted by Crippen LogP contribution is 2.24. The number of hydrogen-bond donors (Lipinski definition) is 1. The van der Waals surface area contributed by atoms with Crippen molar-refractivity contribution in [1.29, 1.82) is 0 Å².